The molecule has 0 amide bonds. The molecule has 4 nitrogen and oxygen atoms in total. The maximum absolute atomic E-state index is 9.31. The second-order valence-corrected chi connectivity index (χ2v) is 3.86. The van der Waals surface area contributed by atoms with Crippen molar-refractivity contribution in [3.63, 3.8) is 0 Å². The Bertz CT molecular complexity index is 296. The highest BCUT2D eigenvalue weighted by Crippen LogP contribution is 2.14. The van der Waals surface area contributed by atoms with E-state index in [1.54, 1.807) is 20.0 Å². The molecule has 0 saturated carbocycles. The Hall–Kier alpha value is -1.13. The molecular weight excluding hydrogens is 192 g/mol. The van der Waals surface area contributed by atoms with Crippen molar-refractivity contribution < 1.29 is 10.2 Å². The van der Waals surface area contributed by atoms with Crippen LogP contribution in [-0.2, 0) is 0 Å². The van der Waals surface area contributed by atoms with E-state index in [1.165, 1.54) is 0 Å². The lowest BCUT2D eigenvalue weighted by atomic mass is 10.2. The molecule has 0 spiro atoms. The van der Waals surface area contributed by atoms with Gasteiger partial charge in [-0.2, -0.15) is 0 Å². The third-order valence-corrected chi connectivity index (χ3v) is 2.18. The molecule has 15 heavy (non-hydrogen) atoms. The number of aromatic nitrogens is 1. The summed E-state index contributed by atoms with van der Waals surface area (Å²) in [5.74, 6) is 0.792. The summed E-state index contributed by atoms with van der Waals surface area (Å²) in [6, 6.07) is 3.68. The smallest absolute Gasteiger partial charge is 0.128 e. The highest BCUT2D eigenvalue weighted by molar-refractivity contribution is 5.38. The van der Waals surface area contributed by atoms with Crippen LogP contribution in [0.15, 0.2) is 18.3 Å². The van der Waals surface area contributed by atoms with Gasteiger partial charge in [-0.15, -0.1) is 0 Å². The lowest BCUT2D eigenvalue weighted by Gasteiger charge is -2.20. The largest absolute Gasteiger partial charge is 0.392 e. The maximum atomic E-state index is 9.31. The van der Waals surface area contributed by atoms with Crippen LogP contribution in [0.4, 0.5) is 5.82 Å². The molecule has 0 saturated heterocycles. The molecule has 4 heteroatoms. The van der Waals surface area contributed by atoms with Crippen LogP contribution >= 0.6 is 0 Å². The van der Waals surface area contributed by atoms with E-state index in [1.807, 2.05) is 24.1 Å². The second kappa shape index (κ2) is 5.09. The van der Waals surface area contributed by atoms with E-state index in [4.69, 9.17) is 0 Å². The van der Waals surface area contributed by atoms with Crippen LogP contribution in [-0.4, -0.2) is 34.9 Å². The normalized spacial score (nSPS) is 14.7. The van der Waals surface area contributed by atoms with Gasteiger partial charge in [0.25, 0.3) is 0 Å². The number of pyridine rings is 1. The molecule has 0 aliphatic carbocycles. The molecular formula is C11H18N2O2. The molecule has 2 N–H and O–H groups in total. The molecule has 84 valence electrons. The molecule has 0 aliphatic heterocycles. The molecule has 0 aromatic carbocycles. The Morgan fingerprint density at radius 1 is 1.33 bits per heavy atom. The van der Waals surface area contributed by atoms with E-state index in [9.17, 15) is 10.2 Å². The lowest BCUT2D eigenvalue weighted by molar-refractivity contribution is 0.198. The van der Waals surface area contributed by atoms with Gasteiger partial charge in [-0.1, -0.05) is 6.07 Å². The maximum Gasteiger partial charge on any atom is 0.128 e. The summed E-state index contributed by atoms with van der Waals surface area (Å²) in [7, 11) is 1.87. The average molecular weight is 210 g/mol. The zero-order valence-electron chi connectivity index (χ0n) is 9.38. The predicted molar refractivity (Wildman–Crippen MR) is 59.8 cm³/mol. The first kappa shape index (κ1) is 11.9. The number of likely N-dealkylation sites (N-methyl/N-ethyl adjacent to an activating group) is 1. The number of aliphatic hydroxyl groups is 2. The van der Waals surface area contributed by atoms with Crippen LogP contribution in [0.3, 0.4) is 0 Å². The first-order chi connectivity index (χ1) is 7.00. The molecule has 1 heterocycles. The fraction of sp³-hybridized carbons (Fsp3) is 0.545. The van der Waals surface area contributed by atoms with E-state index in [0.717, 1.165) is 11.4 Å². The van der Waals surface area contributed by atoms with Gasteiger partial charge < -0.3 is 15.1 Å². The van der Waals surface area contributed by atoms with Crippen LogP contribution in [0.5, 0.6) is 0 Å². The van der Waals surface area contributed by atoms with Crippen LogP contribution in [0, 0.1) is 0 Å². The first-order valence-electron chi connectivity index (χ1n) is 5.04. The van der Waals surface area contributed by atoms with Crippen LogP contribution < -0.4 is 4.90 Å². The molecule has 1 unspecified atom stereocenters. The number of nitrogens with zero attached hydrogens (tertiary/aromatic N) is 2. The fourth-order valence-electron chi connectivity index (χ4n) is 1.36. The summed E-state index contributed by atoms with van der Waals surface area (Å²) in [6.45, 7) is 3.98. The molecule has 0 radical (unpaired) electrons. The van der Waals surface area contributed by atoms with Crippen molar-refractivity contribution in [2.24, 2.45) is 0 Å². The van der Waals surface area contributed by atoms with E-state index < -0.39 is 6.10 Å². The fourth-order valence-corrected chi connectivity index (χ4v) is 1.36. The minimum atomic E-state index is -0.492. The highest BCUT2D eigenvalue weighted by atomic mass is 16.3. The second-order valence-electron chi connectivity index (χ2n) is 3.86. The Labute approximate surface area is 90.2 Å². The highest BCUT2D eigenvalue weighted by Gasteiger charge is 2.06. The standard InChI is InChI=1S/C11H18N2O2/c1-8(14)7-13(3)11-5-4-10(6-12-11)9(2)15/h4-6,8-9,14-15H,7H2,1-3H3/t8?,9-/m0/s1. The summed E-state index contributed by atoms with van der Waals surface area (Å²) in [6.07, 6.45) is 0.778. The minimum Gasteiger partial charge on any atom is -0.392 e. The van der Waals surface area contributed by atoms with E-state index in [2.05, 4.69) is 4.98 Å². The third kappa shape index (κ3) is 3.49. The van der Waals surface area contributed by atoms with Crippen molar-refractivity contribution in [2.45, 2.75) is 26.1 Å². The SMILES string of the molecule is CC(O)CN(C)c1ccc([C@H](C)O)cn1. The quantitative estimate of drug-likeness (QED) is 0.777. The van der Waals surface area contributed by atoms with Gasteiger partial charge in [0.05, 0.1) is 12.2 Å². The van der Waals surface area contributed by atoms with E-state index in [-0.39, 0.29) is 6.10 Å². The van der Waals surface area contributed by atoms with Gasteiger partial charge in [0.1, 0.15) is 5.82 Å². The first-order valence-corrected chi connectivity index (χ1v) is 5.04. The molecule has 1 aromatic rings. The molecule has 1 rings (SSSR count). The molecule has 1 aromatic heterocycles. The number of hydrogen-bond donors (Lipinski definition) is 2. The van der Waals surface area contributed by atoms with Gasteiger partial charge in [0, 0.05) is 19.8 Å². The number of hydrogen-bond acceptors (Lipinski definition) is 4. The number of anilines is 1. The molecule has 0 aliphatic rings. The zero-order valence-corrected chi connectivity index (χ0v) is 9.38. The summed E-state index contributed by atoms with van der Waals surface area (Å²) >= 11 is 0. The topological polar surface area (TPSA) is 56.6 Å². The van der Waals surface area contributed by atoms with Gasteiger partial charge >= 0.3 is 0 Å². The zero-order chi connectivity index (χ0) is 11.4. The van der Waals surface area contributed by atoms with Gasteiger partial charge in [0.15, 0.2) is 0 Å². The van der Waals surface area contributed by atoms with Crippen molar-refractivity contribution in [2.75, 3.05) is 18.5 Å². The van der Waals surface area contributed by atoms with Crippen molar-refractivity contribution >= 4 is 5.82 Å². The van der Waals surface area contributed by atoms with Gasteiger partial charge in [-0.3, -0.25) is 0 Å². The minimum absolute atomic E-state index is 0.381. The predicted octanol–water partition coefficient (Wildman–Crippen LogP) is 0.952. The van der Waals surface area contributed by atoms with Crippen LogP contribution in [0.2, 0.25) is 0 Å². The van der Waals surface area contributed by atoms with Crippen LogP contribution in [0.1, 0.15) is 25.5 Å². The summed E-state index contributed by atoms with van der Waals surface area (Å²) in [5, 5.41) is 18.5. The Morgan fingerprint density at radius 2 is 2.00 bits per heavy atom. The lowest BCUT2D eigenvalue weighted by Crippen LogP contribution is -2.27. The summed E-state index contributed by atoms with van der Waals surface area (Å²) in [5.41, 5.74) is 0.796. The Morgan fingerprint density at radius 3 is 2.40 bits per heavy atom. The van der Waals surface area contributed by atoms with Crippen molar-refractivity contribution in [3.05, 3.63) is 23.9 Å². The average Bonchev–Trinajstić information content (AvgIpc) is 2.17. The van der Waals surface area contributed by atoms with Crippen LogP contribution in [0.25, 0.3) is 0 Å². The van der Waals surface area contributed by atoms with E-state index in [0.29, 0.717) is 6.54 Å². The molecule has 0 fully saturated rings. The van der Waals surface area contributed by atoms with Gasteiger partial charge in [-0.05, 0) is 25.5 Å². The van der Waals surface area contributed by atoms with Crippen molar-refractivity contribution in [1.82, 2.24) is 4.98 Å². The summed E-state index contributed by atoms with van der Waals surface area (Å²) < 4.78 is 0. The van der Waals surface area contributed by atoms with E-state index >= 15 is 0 Å². The molecule has 2 atom stereocenters. The van der Waals surface area contributed by atoms with Crippen molar-refractivity contribution in [3.8, 4) is 0 Å². The Balaban J connectivity index is 2.71. The number of aliphatic hydroxyl groups excluding tert-OH is 2. The Kier molecular flexibility index (Phi) is 4.05. The van der Waals surface area contributed by atoms with Gasteiger partial charge in [-0.25, -0.2) is 4.98 Å². The van der Waals surface area contributed by atoms with Gasteiger partial charge in [0.2, 0.25) is 0 Å². The third-order valence-electron chi connectivity index (χ3n) is 2.18. The monoisotopic (exact) mass is 210 g/mol. The van der Waals surface area contributed by atoms with Crippen molar-refractivity contribution in [1.29, 1.82) is 0 Å². The number of rotatable bonds is 4. The molecule has 0 bridgehead atoms. The summed E-state index contributed by atoms with van der Waals surface area (Å²) in [4.78, 5) is 6.08.